The smallest absolute Gasteiger partial charge is 0.169 e. The van der Waals surface area contributed by atoms with Crippen molar-refractivity contribution < 1.29 is 9.18 Å². The van der Waals surface area contributed by atoms with Gasteiger partial charge in [0.1, 0.15) is 11.5 Å². The number of hydrogen-bond donors (Lipinski definition) is 0. The molecule has 0 aliphatic carbocycles. The molecule has 0 spiro atoms. The van der Waals surface area contributed by atoms with Gasteiger partial charge in [0.15, 0.2) is 6.29 Å². The Labute approximate surface area is 70.6 Å². The van der Waals surface area contributed by atoms with Gasteiger partial charge < -0.3 is 0 Å². The van der Waals surface area contributed by atoms with Gasteiger partial charge in [0.2, 0.25) is 0 Å². The summed E-state index contributed by atoms with van der Waals surface area (Å²) in [6, 6.07) is 1.22. The average Bonchev–Trinajstić information content (AvgIpc) is 1.95. The molecule has 0 bridgehead atoms. The van der Waals surface area contributed by atoms with Crippen molar-refractivity contribution in [2.75, 3.05) is 0 Å². The Kier molecular flexibility index (Phi) is 2.31. The molecule has 0 saturated heterocycles. The lowest BCUT2D eigenvalue weighted by atomic mass is 10.4. The summed E-state index contributed by atoms with van der Waals surface area (Å²) in [7, 11) is 0. The SMILES string of the molecule is O=Cc1nccc(F)c1I. The van der Waals surface area contributed by atoms with Crippen molar-refractivity contribution >= 4 is 28.9 Å². The number of aromatic nitrogens is 1. The number of halogens is 2. The quantitative estimate of drug-likeness (QED) is 0.561. The third kappa shape index (κ3) is 1.31. The molecule has 0 aliphatic rings. The summed E-state index contributed by atoms with van der Waals surface area (Å²) in [4.78, 5) is 13.8. The van der Waals surface area contributed by atoms with E-state index < -0.39 is 5.82 Å². The van der Waals surface area contributed by atoms with Crippen LogP contribution in [0.1, 0.15) is 10.5 Å². The summed E-state index contributed by atoms with van der Waals surface area (Å²) in [5.74, 6) is -0.405. The van der Waals surface area contributed by atoms with Crippen molar-refractivity contribution in [3.63, 3.8) is 0 Å². The molecule has 52 valence electrons. The minimum Gasteiger partial charge on any atom is -0.296 e. The first-order valence-corrected chi connectivity index (χ1v) is 3.58. The maximum absolute atomic E-state index is 12.6. The maximum Gasteiger partial charge on any atom is 0.169 e. The second kappa shape index (κ2) is 3.05. The van der Waals surface area contributed by atoms with E-state index in [-0.39, 0.29) is 9.26 Å². The molecule has 0 atom stereocenters. The topological polar surface area (TPSA) is 30.0 Å². The number of aldehydes is 1. The molecule has 1 rings (SSSR count). The van der Waals surface area contributed by atoms with Crippen molar-refractivity contribution in [3.05, 3.63) is 27.3 Å². The van der Waals surface area contributed by atoms with Crippen LogP contribution < -0.4 is 0 Å². The second-order valence-electron chi connectivity index (χ2n) is 1.61. The van der Waals surface area contributed by atoms with Crippen LogP contribution in [0.3, 0.4) is 0 Å². The first kappa shape index (κ1) is 7.59. The van der Waals surface area contributed by atoms with E-state index in [4.69, 9.17) is 0 Å². The van der Waals surface area contributed by atoms with E-state index in [9.17, 15) is 9.18 Å². The molecule has 0 saturated carbocycles. The third-order valence-corrected chi connectivity index (χ3v) is 2.05. The fraction of sp³-hybridized carbons (Fsp3) is 0. The van der Waals surface area contributed by atoms with Crippen LogP contribution in [0.2, 0.25) is 0 Å². The van der Waals surface area contributed by atoms with E-state index in [1.807, 2.05) is 0 Å². The molecule has 0 aliphatic heterocycles. The minimum atomic E-state index is -0.405. The lowest BCUT2D eigenvalue weighted by Gasteiger charge is -1.93. The highest BCUT2D eigenvalue weighted by Crippen LogP contribution is 2.11. The van der Waals surface area contributed by atoms with E-state index in [1.54, 1.807) is 22.6 Å². The van der Waals surface area contributed by atoms with Crippen molar-refractivity contribution in [2.45, 2.75) is 0 Å². The Morgan fingerprint density at radius 2 is 2.40 bits per heavy atom. The average molecular weight is 251 g/mol. The summed E-state index contributed by atoms with van der Waals surface area (Å²) < 4.78 is 12.8. The zero-order valence-electron chi connectivity index (χ0n) is 4.84. The van der Waals surface area contributed by atoms with Gasteiger partial charge in [0.05, 0.1) is 3.57 Å². The Morgan fingerprint density at radius 1 is 1.70 bits per heavy atom. The van der Waals surface area contributed by atoms with Gasteiger partial charge in [-0.1, -0.05) is 0 Å². The summed E-state index contributed by atoms with van der Waals surface area (Å²) >= 11 is 1.74. The van der Waals surface area contributed by atoms with Gasteiger partial charge >= 0.3 is 0 Å². The van der Waals surface area contributed by atoms with Crippen LogP contribution in [0.15, 0.2) is 12.3 Å². The van der Waals surface area contributed by atoms with Crippen molar-refractivity contribution in [3.8, 4) is 0 Å². The molecule has 0 unspecified atom stereocenters. The predicted molar refractivity (Wildman–Crippen MR) is 42.3 cm³/mol. The van der Waals surface area contributed by atoms with E-state index in [0.717, 1.165) is 0 Å². The first-order chi connectivity index (χ1) is 4.75. The van der Waals surface area contributed by atoms with E-state index in [2.05, 4.69) is 4.98 Å². The van der Waals surface area contributed by atoms with Crippen LogP contribution >= 0.6 is 22.6 Å². The number of pyridine rings is 1. The molecule has 1 aromatic heterocycles. The van der Waals surface area contributed by atoms with E-state index >= 15 is 0 Å². The standard InChI is InChI=1S/C6H3FINO/c7-4-1-2-9-5(3-10)6(4)8/h1-3H. The minimum absolute atomic E-state index is 0.153. The highest BCUT2D eigenvalue weighted by molar-refractivity contribution is 14.1. The van der Waals surface area contributed by atoms with E-state index in [0.29, 0.717) is 6.29 Å². The van der Waals surface area contributed by atoms with Gasteiger partial charge in [-0.2, -0.15) is 0 Å². The van der Waals surface area contributed by atoms with Gasteiger partial charge in [-0.05, 0) is 28.7 Å². The molecule has 10 heavy (non-hydrogen) atoms. The Morgan fingerprint density at radius 3 is 2.90 bits per heavy atom. The Bertz CT molecular complexity index is 264. The van der Waals surface area contributed by atoms with Crippen molar-refractivity contribution in [2.24, 2.45) is 0 Å². The van der Waals surface area contributed by atoms with Crippen molar-refractivity contribution in [1.29, 1.82) is 0 Å². The molecular formula is C6H3FINO. The number of carbonyl (C=O) groups excluding carboxylic acids is 1. The number of rotatable bonds is 1. The highest BCUT2D eigenvalue weighted by Gasteiger charge is 2.03. The molecule has 0 aromatic carbocycles. The van der Waals surface area contributed by atoms with Crippen LogP contribution in [-0.4, -0.2) is 11.3 Å². The number of carbonyl (C=O) groups is 1. The van der Waals surface area contributed by atoms with Gasteiger partial charge in [-0.3, -0.25) is 9.78 Å². The van der Waals surface area contributed by atoms with Crippen LogP contribution in [0.25, 0.3) is 0 Å². The van der Waals surface area contributed by atoms with Crippen molar-refractivity contribution in [1.82, 2.24) is 4.98 Å². The number of hydrogen-bond acceptors (Lipinski definition) is 2. The second-order valence-corrected chi connectivity index (χ2v) is 2.69. The zero-order valence-corrected chi connectivity index (χ0v) is 7.00. The first-order valence-electron chi connectivity index (χ1n) is 2.51. The van der Waals surface area contributed by atoms with Crippen LogP contribution in [-0.2, 0) is 0 Å². The summed E-state index contributed by atoms with van der Waals surface area (Å²) in [5.41, 5.74) is 0.153. The molecule has 1 heterocycles. The van der Waals surface area contributed by atoms with Gasteiger partial charge in [0.25, 0.3) is 0 Å². The highest BCUT2D eigenvalue weighted by atomic mass is 127. The van der Waals surface area contributed by atoms with Crippen LogP contribution in [0.5, 0.6) is 0 Å². The molecule has 2 nitrogen and oxygen atoms in total. The monoisotopic (exact) mass is 251 g/mol. The van der Waals surface area contributed by atoms with Gasteiger partial charge in [0, 0.05) is 6.20 Å². The normalized spacial score (nSPS) is 9.40. The Hall–Kier alpha value is -0.520. The Balaban J connectivity index is 3.27. The molecule has 4 heteroatoms. The molecule has 0 radical (unpaired) electrons. The van der Waals surface area contributed by atoms with Crippen LogP contribution in [0.4, 0.5) is 4.39 Å². The maximum atomic E-state index is 12.6. The largest absolute Gasteiger partial charge is 0.296 e. The molecular weight excluding hydrogens is 248 g/mol. The zero-order chi connectivity index (χ0) is 7.56. The fourth-order valence-corrected chi connectivity index (χ4v) is 0.964. The molecule has 0 N–H and O–H groups in total. The third-order valence-electron chi connectivity index (χ3n) is 0.981. The molecule has 0 amide bonds. The number of nitrogens with zero attached hydrogens (tertiary/aromatic N) is 1. The van der Waals surface area contributed by atoms with Gasteiger partial charge in [-0.25, -0.2) is 4.39 Å². The predicted octanol–water partition coefficient (Wildman–Crippen LogP) is 1.64. The molecule has 1 aromatic rings. The van der Waals surface area contributed by atoms with Crippen LogP contribution in [0, 0.1) is 9.39 Å². The summed E-state index contributed by atoms with van der Waals surface area (Å²) in [6.45, 7) is 0. The summed E-state index contributed by atoms with van der Waals surface area (Å²) in [6.07, 6.45) is 1.80. The fourth-order valence-electron chi connectivity index (χ4n) is 0.517. The van der Waals surface area contributed by atoms with E-state index in [1.165, 1.54) is 12.3 Å². The summed E-state index contributed by atoms with van der Waals surface area (Å²) in [5, 5.41) is 0. The molecule has 0 fully saturated rings. The van der Waals surface area contributed by atoms with Gasteiger partial charge in [-0.15, -0.1) is 0 Å². The lowest BCUT2D eigenvalue weighted by molar-refractivity contribution is 0.111. The lowest BCUT2D eigenvalue weighted by Crippen LogP contribution is -1.93.